The lowest BCUT2D eigenvalue weighted by Crippen LogP contribution is -2.50. The molecule has 1 amide bonds. The van der Waals surface area contributed by atoms with E-state index < -0.39 is 5.60 Å². The monoisotopic (exact) mass is 327 g/mol. The number of carbonyl (C=O) groups is 1. The fraction of sp³-hybridized carbons (Fsp3) is 0.316. The van der Waals surface area contributed by atoms with Gasteiger partial charge in [-0.05, 0) is 38.1 Å². The van der Waals surface area contributed by atoms with Crippen LogP contribution in [0.1, 0.15) is 13.8 Å². The summed E-state index contributed by atoms with van der Waals surface area (Å²) in [6.07, 6.45) is 0. The molecule has 0 unspecified atom stereocenters. The van der Waals surface area contributed by atoms with E-state index in [1.165, 1.54) is 0 Å². The molecule has 126 valence electrons. The van der Waals surface area contributed by atoms with Crippen LogP contribution in [0.15, 0.2) is 48.5 Å². The summed E-state index contributed by atoms with van der Waals surface area (Å²) >= 11 is 0. The SMILES string of the molecule is COc1ccccc1OCC(=O)N1CC(C)(C)Oc2ccccc21. The van der Waals surface area contributed by atoms with Crippen LogP contribution in [0.5, 0.6) is 17.2 Å². The zero-order chi connectivity index (χ0) is 17.2. The first-order chi connectivity index (χ1) is 11.5. The Morgan fingerprint density at radius 1 is 1.12 bits per heavy atom. The number of para-hydroxylation sites is 4. The van der Waals surface area contributed by atoms with E-state index in [9.17, 15) is 4.79 Å². The van der Waals surface area contributed by atoms with E-state index in [1.807, 2.05) is 50.2 Å². The summed E-state index contributed by atoms with van der Waals surface area (Å²) in [7, 11) is 1.57. The Labute approximate surface area is 141 Å². The topological polar surface area (TPSA) is 48.0 Å². The number of carbonyl (C=O) groups excluding carboxylic acids is 1. The summed E-state index contributed by atoms with van der Waals surface area (Å²) in [5, 5.41) is 0. The Hall–Kier alpha value is -2.69. The van der Waals surface area contributed by atoms with Crippen molar-refractivity contribution in [3.05, 3.63) is 48.5 Å². The second kappa shape index (κ2) is 6.43. The highest BCUT2D eigenvalue weighted by molar-refractivity contribution is 5.96. The predicted octanol–water partition coefficient (Wildman–Crippen LogP) is 3.28. The lowest BCUT2D eigenvalue weighted by Gasteiger charge is -2.39. The van der Waals surface area contributed by atoms with E-state index >= 15 is 0 Å². The van der Waals surface area contributed by atoms with Gasteiger partial charge in [-0.25, -0.2) is 0 Å². The number of hydrogen-bond donors (Lipinski definition) is 0. The molecule has 0 atom stereocenters. The molecule has 5 heteroatoms. The zero-order valence-electron chi connectivity index (χ0n) is 14.1. The van der Waals surface area contributed by atoms with E-state index in [0.717, 1.165) is 5.69 Å². The van der Waals surface area contributed by atoms with Gasteiger partial charge in [-0.15, -0.1) is 0 Å². The minimum atomic E-state index is -0.450. The van der Waals surface area contributed by atoms with Gasteiger partial charge in [-0.2, -0.15) is 0 Å². The highest BCUT2D eigenvalue weighted by Gasteiger charge is 2.34. The molecule has 1 aliphatic rings. The summed E-state index contributed by atoms with van der Waals surface area (Å²) in [5.74, 6) is 1.74. The van der Waals surface area contributed by atoms with E-state index in [4.69, 9.17) is 14.2 Å². The van der Waals surface area contributed by atoms with Crippen molar-refractivity contribution in [3.63, 3.8) is 0 Å². The van der Waals surface area contributed by atoms with Crippen molar-refractivity contribution in [3.8, 4) is 17.2 Å². The maximum Gasteiger partial charge on any atom is 0.265 e. The van der Waals surface area contributed by atoms with Crippen molar-refractivity contribution < 1.29 is 19.0 Å². The lowest BCUT2D eigenvalue weighted by atomic mass is 10.1. The van der Waals surface area contributed by atoms with Gasteiger partial charge < -0.3 is 19.1 Å². The van der Waals surface area contributed by atoms with Crippen LogP contribution in [0.2, 0.25) is 0 Å². The average molecular weight is 327 g/mol. The van der Waals surface area contributed by atoms with Crippen LogP contribution in [0, 0.1) is 0 Å². The fourth-order valence-electron chi connectivity index (χ4n) is 2.74. The second-order valence-corrected chi connectivity index (χ2v) is 6.25. The first-order valence-corrected chi connectivity index (χ1v) is 7.84. The Morgan fingerprint density at radius 2 is 1.79 bits per heavy atom. The average Bonchev–Trinajstić information content (AvgIpc) is 2.58. The number of methoxy groups -OCH3 is 1. The minimum absolute atomic E-state index is 0.0647. The fourth-order valence-corrected chi connectivity index (χ4v) is 2.74. The minimum Gasteiger partial charge on any atom is -0.493 e. The molecule has 0 saturated heterocycles. The summed E-state index contributed by atoms with van der Waals surface area (Å²) in [4.78, 5) is 14.4. The van der Waals surface area contributed by atoms with Crippen LogP contribution < -0.4 is 19.1 Å². The smallest absolute Gasteiger partial charge is 0.265 e. The molecule has 24 heavy (non-hydrogen) atoms. The largest absolute Gasteiger partial charge is 0.493 e. The number of benzene rings is 2. The zero-order valence-corrected chi connectivity index (χ0v) is 14.1. The molecule has 2 aromatic carbocycles. The summed E-state index contributed by atoms with van der Waals surface area (Å²) in [6.45, 7) is 4.33. The molecule has 0 aromatic heterocycles. The van der Waals surface area contributed by atoms with Crippen LogP contribution in [-0.2, 0) is 4.79 Å². The standard InChI is InChI=1S/C19H21NO4/c1-19(2)13-20(14-8-4-5-9-15(14)24-19)18(21)12-23-17-11-7-6-10-16(17)22-3/h4-11H,12-13H2,1-3H3. The Morgan fingerprint density at radius 3 is 2.54 bits per heavy atom. The molecule has 2 aromatic rings. The Balaban J connectivity index is 1.77. The normalized spacial score (nSPS) is 15.2. The first kappa shape index (κ1) is 16.2. The van der Waals surface area contributed by atoms with Crippen LogP contribution in [-0.4, -0.2) is 31.8 Å². The van der Waals surface area contributed by atoms with Crippen LogP contribution in [0.25, 0.3) is 0 Å². The van der Waals surface area contributed by atoms with Crippen molar-refractivity contribution >= 4 is 11.6 Å². The number of fused-ring (bicyclic) bond motifs is 1. The Kier molecular flexibility index (Phi) is 4.34. The van der Waals surface area contributed by atoms with Gasteiger partial charge in [0, 0.05) is 0 Å². The summed E-state index contributed by atoms with van der Waals surface area (Å²) in [6, 6.07) is 14.8. The van der Waals surface area contributed by atoms with Crippen molar-refractivity contribution in [2.75, 3.05) is 25.2 Å². The molecular formula is C19H21NO4. The van der Waals surface area contributed by atoms with E-state index in [2.05, 4.69) is 0 Å². The molecule has 0 bridgehead atoms. The van der Waals surface area contributed by atoms with Crippen LogP contribution >= 0.6 is 0 Å². The van der Waals surface area contributed by atoms with Crippen molar-refractivity contribution in [2.24, 2.45) is 0 Å². The van der Waals surface area contributed by atoms with Crippen LogP contribution in [0.4, 0.5) is 5.69 Å². The quantitative estimate of drug-likeness (QED) is 0.865. The third-order valence-corrected chi connectivity index (χ3v) is 3.80. The number of amides is 1. The number of hydrogen-bond acceptors (Lipinski definition) is 4. The second-order valence-electron chi connectivity index (χ2n) is 6.25. The number of nitrogens with zero attached hydrogens (tertiary/aromatic N) is 1. The summed E-state index contributed by atoms with van der Waals surface area (Å²) in [5.41, 5.74) is 0.319. The number of anilines is 1. The molecule has 1 heterocycles. The molecule has 5 nitrogen and oxygen atoms in total. The molecule has 0 radical (unpaired) electrons. The molecule has 0 N–H and O–H groups in total. The molecule has 0 spiro atoms. The van der Waals surface area contributed by atoms with Crippen molar-refractivity contribution in [2.45, 2.75) is 19.4 Å². The van der Waals surface area contributed by atoms with Gasteiger partial charge in [0.25, 0.3) is 5.91 Å². The molecule has 0 aliphatic carbocycles. The van der Waals surface area contributed by atoms with Gasteiger partial charge in [-0.3, -0.25) is 4.79 Å². The van der Waals surface area contributed by atoms with Crippen molar-refractivity contribution in [1.29, 1.82) is 0 Å². The van der Waals surface area contributed by atoms with E-state index in [0.29, 0.717) is 23.8 Å². The molecule has 1 aliphatic heterocycles. The van der Waals surface area contributed by atoms with Crippen molar-refractivity contribution in [1.82, 2.24) is 0 Å². The molecular weight excluding hydrogens is 306 g/mol. The molecule has 3 rings (SSSR count). The first-order valence-electron chi connectivity index (χ1n) is 7.84. The van der Waals surface area contributed by atoms with Gasteiger partial charge in [0.05, 0.1) is 19.3 Å². The van der Waals surface area contributed by atoms with Gasteiger partial charge in [0.2, 0.25) is 0 Å². The van der Waals surface area contributed by atoms with E-state index in [-0.39, 0.29) is 12.5 Å². The number of rotatable bonds is 4. The highest BCUT2D eigenvalue weighted by Crippen LogP contribution is 2.36. The van der Waals surface area contributed by atoms with E-state index in [1.54, 1.807) is 24.1 Å². The van der Waals surface area contributed by atoms with Gasteiger partial charge in [0.1, 0.15) is 11.4 Å². The third kappa shape index (κ3) is 3.30. The lowest BCUT2D eigenvalue weighted by molar-refractivity contribution is -0.121. The highest BCUT2D eigenvalue weighted by atomic mass is 16.5. The van der Waals surface area contributed by atoms with Crippen LogP contribution in [0.3, 0.4) is 0 Å². The summed E-state index contributed by atoms with van der Waals surface area (Å²) < 4.78 is 16.9. The molecule has 0 fully saturated rings. The molecule has 0 saturated carbocycles. The third-order valence-electron chi connectivity index (χ3n) is 3.80. The predicted molar refractivity (Wildman–Crippen MR) is 92.0 cm³/mol. The maximum atomic E-state index is 12.7. The van der Waals surface area contributed by atoms with Gasteiger partial charge in [-0.1, -0.05) is 24.3 Å². The number of ether oxygens (including phenoxy) is 3. The van der Waals surface area contributed by atoms with Gasteiger partial charge in [0.15, 0.2) is 18.1 Å². The van der Waals surface area contributed by atoms with Gasteiger partial charge >= 0.3 is 0 Å². The maximum absolute atomic E-state index is 12.7. The Bertz CT molecular complexity index is 742.